The lowest BCUT2D eigenvalue weighted by Crippen LogP contribution is -2.22. The van der Waals surface area contributed by atoms with Crippen LogP contribution in [0.5, 0.6) is 11.5 Å². The highest BCUT2D eigenvalue weighted by Gasteiger charge is 2.28. The molecule has 1 aliphatic rings. The average Bonchev–Trinajstić information content (AvgIpc) is 2.75. The molecule has 0 spiro atoms. The van der Waals surface area contributed by atoms with Gasteiger partial charge < -0.3 is 14.7 Å². The lowest BCUT2D eigenvalue weighted by molar-refractivity contribution is 0.202. The second kappa shape index (κ2) is 6.02. The number of aromatic hydroxyl groups is 1. The van der Waals surface area contributed by atoms with Gasteiger partial charge in [-0.15, -0.1) is 12.4 Å². The monoisotopic (exact) mass is 285 g/mol. The molecule has 2 rings (SSSR count). The van der Waals surface area contributed by atoms with Crippen molar-refractivity contribution in [3.8, 4) is 11.5 Å². The lowest BCUT2D eigenvalue weighted by Gasteiger charge is -2.15. The Kier molecular flexibility index (Phi) is 5.11. The van der Waals surface area contributed by atoms with E-state index >= 15 is 0 Å². The number of benzene rings is 1. The van der Waals surface area contributed by atoms with Gasteiger partial charge in [0.25, 0.3) is 0 Å². The summed E-state index contributed by atoms with van der Waals surface area (Å²) in [6.07, 6.45) is 2.20. The Balaban J connectivity index is 0.00000180. The van der Waals surface area contributed by atoms with Crippen molar-refractivity contribution in [3.05, 3.63) is 22.3 Å². The van der Waals surface area contributed by atoms with Gasteiger partial charge in [-0.1, -0.05) is 0 Å². The summed E-state index contributed by atoms with van der Waals surface area (Å²) in [6.45, 7) is 7.00. The van der Waals surface area contributed by atoms with Gasteiger partial charge in [-0.25, -0.2) is 0 Å². The van der Waals surface area contributed by atoms with Crippen molar-refractivity contribution >= 4 is 12.4 Å². The van der Waals surface area contributed by atoms with E-state index in [1.54, 1.807) is 0 Å². The second-order valence-corrected chi connectivity index (χ2v) is 5.57. The summed E-state index contributed by atoms with van der Waals surface area (Å²) in [4.78, 5) is 2.18. The Bertz CT molecular complexity index is 435. The van der Waals surface area contributed by atoms with Crippen LogP contribution < -0.4 is 4.74 Å². The van der Waals surface area contributed by atoms with E-state index in [0.717, 1.165) is 41.8 Å². The first-order valence-corrected chi connectivity index (χ1v) is 6.54. The molecular weight excluding hydrogens is 262 g/mol. The maximum absolute atomic E-state index is 10.1. The highest BCUT2D eigenvalue weighted by atomic mass is 35.5. The van der Waals surface area contributed by atoms with E-state index in [4.69, 9.17) is 4.74 Å². The number of halogens is 1. The van der Waals surface area contributed by atoms with Crippen LogP contribution in [0.3, 0.4) is 0 Å². The molecule has 1 aromatic rings. The summed E-state index contributed by atoms with van der Waals surface area (Å²) in [7, 11) is 4.16. The molecule has 1 aliphatic heterocycles. The van der Waals surface area contributed by atoms with Crippen LogP contribution in [0.25, 0.3) is 0 Å². The van der Waals surface area contributed by atoms with Crippen LogP contribution in [-0.2, 0) is 6.42 Å². The first-order chi connectivity index (χ1) is 8.41. The fraction of sp³-hybridized carbons (Fsp3) is 0.600. The average molecular weight is 286 g/mol. The third-order valence-electron chi connectivity index (χ3n) is 3.95. The van der Waals surface area contributed by atoms with Crippen molar-refractivity contribution in [1.29, 1.82) is 0 Å². The van der Waals surface area contributed by atoms with Gasteiger partial charge in [0.1, 0.15) is 17.6 Å². The summed E-state index contributed by atoms with van der Waals surface area (Å²) in [5.41, 5.74) is 4.21. The van der Waals surface area contributed by atoms with Crippen molar-refractivity contribution in [2.45, 2.75) is 39.7 Å². The van der Waals surface area contributed by atoms with Crippen LogP contribution in [0, 0.1) is 20.8 Å². The van der Waals surface area contributed by atoms with Gasteiger partial charge in [0.15, 0.2) is 0 Å². The Morgan fingerprint density at radius 2 is 1.79 bits per heavy atom. The van der Waals surface area contributed by atoms with Gasteiger partial charge >= 0.3 is 0 Å². The van der Waals surface area contributed by atoms with E-state index in [0.29, 0.717) is 5.75 Å². The van der Waals surface area contributed by atoms with E-state index in [-0.39, 0.29) is 18.5 Å². The van der Waals surface area contributed by atoms with Crippen LogP contribution in [0.2, 0.25) is 0 Å². The predicted octanol–water partition coefficient (Wildman–Crippen LogP) is 2.99. The van der Waals surface area contributed by atoms with Gasteiger partial charge in [-0.05, 0) is 58.0 Å². The Labute approximate surface area is 122 Å². The molecule has 0 aliphatic carbocycles. The van der Waals surface area contributed by atoms with Crippen LogP contribution >= 0.6 is 12.4 Å². The molecule has 4 heteroatoms. The third-order valence-corrected chi connectivity index (χ3v) is 3.95. The molecule has 19 heavy (non-hydrogen) atoms. The molecule has 1 N–H and O–H groups in total. The Morgan fingerprint density at radius 1 is 1.16 bits per heavy atom. The zero-order valence-electron chi connectivity index (χ0n) is 12.4. The number of hydrogen-bond donors (Lipinski definition) is 1. The smallest absolute Gasteiger partial charge is 0.126 e. The molecule has 0 radical (unpaired) electrons. The predicted molar refractivity (Wildman–Crippen MR) is 80.9 cm³/mol. The number of fused-ring (bicyclic) bond motifs is 1. The second-order valence-electron chi connectivity index (χ2n) is 5.57. The summed E-state index contributed by atoms with van der Waals surface area (Å²) in [5, 5.41) is 10.1. The lowest BCUT2D eigenvalue weighted by atomic mass is 9.96. The summed E-state index contributed by atoms with van der Waals surface area (Å²) in [6, 6.07) is 0. The topological polar surface area (TPSA) is 32.7 Å². The number of nitrogens with zero attached hydrogens (tertiary/aromatic N) is 1. The zero-order chi connectivity index (χ0) is 13.4. The largest absolute Gasteiger partial charge is 0.507 e. The standard InChI is InChI=1S/C15H23NO2.ClH/c1-9-10(2)15-13(11(3)14(9)17)8-12(18-15)6-7-16(4)5;/h12,17H,6-8H2,1-5H3;1H/t12-;/m1./s1. The van der Waals surface area contributed by atoms with E-state index < -0.39 is 0 Å². The molecule has 0 unspecified atom stereocenters. The molecule has 0 saturated carbocycles. The molecule has 0 aromatic heterocycles. The van der Waals surface area contributed by atoms with E-state index in [2.05, 4.69) is 19.0 Å². The zero-order valence-corrected chi connectivity index (χ0v) is 13.2. The molecule has 1 heterocycles. The fourth-order valence-corrected chi connectivity index (χ4v) is 2.57. The fourth-order valence-electron chi connectivity index (χ4n) is 2.57. The van der Waals surface area contributed by atoms with Gasteiger partial charge in [0.2, 0.25) is 0 Å². The summed E-state index contributed by atoms with van der Waals surface area (Å²) < 4.78 is 6.07. The first kappa shape index (κ1) is 16.1. The molecule has 0 amide bonds. The molecule has 1 atom stereocenters. The molecule has 0 saturated heterocycles. The highest BCUT2D eigenvalue weighted by molar-refractivity contribution is 5.85. The van der Waals surface area contributed by atoms with Crippen LogP contribution in [0.4, 0.5) is 0 Å². The molecule has 0 bridgehead atoms. The van der Waals surface area contributed by atoms with Crippen molar-refractivity contribution in [2.24, 2.45) is 0 Å². The van der Waals surface area contributed by atoms with E-state index in [9.17, 15) is 5.11 Å². The number of phenols is 1. The SMILES string of the molecule is Cc1c(C)c2c(c(C)c1O)C[C@@H](CCN(C)C)O2.Cl. The molecule has 0 fully saturated rings. The molecule has 108 valence electrons. The normalized spacial score (nSPS) is 17.1. The van der Waals surface area contributed by atoms with Crippen LogP contribution in [0.1, 0.15) is 28.7 Å². The quantitative estimate of drug-likeness (QED) is 0.927. The summed E-state index contributed by atoms with van der Waals surface area (Å²) >= 11 is 0. The van der Waals surface area contributed by atoms with Crippen molar-refractivity contribution < 1.29 is 9.84 Å². The van der Waals surface area contributed by atoms with Gasteiger partial charge in [-0.2, -0.15) is 0 Å². The van der Waals surface area contributed by atoms with Crippen molar-refractivity contribution in [1.82, 2.24) is 4.90 Å². The molecular formula is C15H24ClNO2. The third kappa shape index (κ3) is 2.98. The van der Waals surface area contributed by atoms with Gasteiger partial charge in [0, 0.05) is 18.5 Å². The molecule has 3 nitrogen and oxygen atoms in total. The summed E-state index contributed by atoms with van der Waals surface area (Å²) in [5.74, 6) is 1.44. The van der Waals surface area contributed by atoms with Gasteiger partial charge in [-0.3, -0.25) is 0 Å². The van der Waals surface area contributed by atoms with Crippen LogP contribution in [-0.4, -0.2) is 36.8 Å². The number of phenolic OH excluding ortho intramolecular Hbond substituents is 1. The van der Waals surface area contributed by atoms with E-state index in [1.165, 1.54) is 5.56 Å². The Hall–Kier alpha value is -0.930. The minimum absolute atomic E-state index is 0. The number of rotatable bonds is 3. The number of ether oxygens (including phenoxy) is 1. The van der Waals surface area contributed by atoms with Crippen LogP contribution in [0.15, 0.2) is 0 Å². The van der Waals surface area contributed by atoms with Gasteiger partial charge in [0.05, 0.1) is 0 Å². The Morgan fingerprint density at radius 3 is 2.37 bits per heavy atom. The maximum atomic E-state index is 10.1. The van der Waals surface area contributed by atoms with E-state index in [1.807, 2.05) is 20.8 Å². The minimum atomic E-state index is 0. The van der Waals surface area contributed by atoms with Crippen molar-refractivity contribution in [3.63, 3.8) is 0 Å². The van der Waals surface area contributed by atoms with Crippen molar-refractivity contribution in [2.75, 3.05) is 20.6 Å². The molecule has 1 aromatic carbocycles. The maximum Gasteiger partial charge on any atom is 0.126 e. The number of hydrogen-bond acceptors (Lipinski definition) is 3. The highest BCUT2D eigenvalue weighted by Crippen LogP contribution is 2.42. The minimum Gasteiger partial charge on any atom is -0.507 e. The first-order valence-electron chi connectivity index (χ1n) is 6.54.